The van der Waals surface area contributed by atoms with Gasteiger partial charge in [0.1, 0.15) is 5.75 Å². The van der Waals surface area contributed by atoms with Crippen LogP contribution < -0.4 is 4.74 Å². The van der Waals surface area contributed by atoms with Crippen LogP contribution in [0.15, 0.2) is 18.2 Å². The van der Waals surface area contributed by atoms with Crippen molar-refractivity contribution in [3.63, 3.8) is 0 Å². The molecule has 0 aromatic heterocycles. The average Bonchev–Trinajstić information content (AvgIpc) is 2.20. The highest BCUT2D eigenvalue weighted by Crippen LogP contribution is 2.26. The number of hydrogen-bond acceptors (Lipinski definition) is 1. The van der Waals surface area contributed by atoms with E-state index in [1.165, 1.54) is 5.56 Å². The summed E-state index contributed by atoms with van der Waals surface area (Å²) in [5.74, 6) is 1.87. The maximum Gasteiger partial charge on any atom is 0.137 e. The number of ether oxygens (including phenoxy) is 1. The van der Waals surface area contributed by atoms with Gasteiger partial charge in [-0.25, -0.2) is 0 Å². The lowest BCUT2D eigenvalue weighted by Gasteiger charge is -2.09. The van der Waals surface area contributed by atoms with Crippen LogP contribution in [0.1, 0.15) is 12.5 Å². The summed E-state index contributed by atoms with van der Waals surface area (Å²) in [4.78, 5) is 0. The molecule has 14 heavy (non-hydrogen) atoms. The van der Waals surface area contributed by atoms with Crippen molar-refractivity contribution >= 4 is 23.2 Å². The van der Waals surface area contributed by atoms with Crippen molar-refractivity contribution in [3.8, 4) is 5.75 Å². The Morgan fingerprint density at radius 2 is 2.14 bits per heavy atom. The second-order valence-corrected chi connectivity index (χ2v) is 4.15. The van der Waals surface area contributed by atoms with Gasteiger partial charge in [0.15, 0.2) is 0 Å². The molecular weight excluding hydrogens is 219 g/mol. The quantitative estimate of drug-likeness (QED) is 0.719. The smallest absolute Gasteiger partial charge is 0.137 e. The normalized spacial score (nSPS) is 12.6. The van der Waals surface area contributed by atoms with E-state index in [9.17, 15) is 0 Å². The summed E-state index contributed by atoms with van der Waals surface area (Å²) in [6, 6.07) is 5.83. The Balaban J connectivity index is 2.79. The fourth-order valence-corrected chi connectivity index (χ4v) is 1.59. The monoisotopic (exact) mass is 232 g/mol. The molecular formula is C11H14Cl2O. The van der Waals surface area contributed by atoms with Gasteiger partial charge < -0.3 is 4.74 Å². The first-order chi connectivity index (χ1) is 6.67. The highest BCUT2D eigenvalue weighted by molar-refractivity contribution is 6.32. The summed E-state index contributed by atoms with van der Waals surface area (Å²) in [5.41, 5.74) is 1.21. The zero-order valence-corrected chi connectivity index (χ0v) is 9.90. The molecule has 0 saturated heterocycles. The third-order valence-corrected chi connectivity index (χ3v) is 2.90. The van der Waals surface area contributed by atoms with Crippen LogP contribution in [0.5, 0.6) is 5.75 Å². The van der Waals surface area contributed by atoms with Crippen LogP contribution in [-0.2, 0) is 6.42 Å². The molecule has 1 atom stereocenters. The molecule has 1 aromatic rings. The highest BCUT2D eigenvalue weighted by Gasteiger charge is 2.05. The van der Waals surface area contributed by atoms with Gasteiger partial charge in [0.05, 0.1) is 12.1 Å². The van der Waals surface area contributed by atoms with E-state index in [0.29, 0.717) is 16.8 Å². The number of hydrogen-bond donors (Lipinski definition) is 0. The summed E-state index contributed by atoms with van der Waals surface area (Å²) in [5, 5.41) is 0.648. The van der Waals surface area contributed by atoms with Crippen LogP contribution in [0.4, 0.5) is 0 Å². The van der Waals surface area contributed by atoms with Gasteiger partial charge in [-0.15, -0.1) is 11.6 Å². The van der Waals surface area contributed by atoms with Crippen molar-refractivity contribution in [2.75, 3.05) is 13.0 Å². The fourth-order valence-electron chi connectivity index (χ4n) is 1.29. The minimum absolute atomic E-state index is 0.475. The molecule has 0 saturated carbocycles. The van der Waals surface area contributed by atoms with Gasteiger partial charge in [-0.2, -0.15) is 0 Å². The second kappa shape index (κ2) is 5.47. The Bertz CT molecular complexity index is 299. The first kappa shape index (κ1) is 11.7. The molecule has 78 valence electrons. The van der Waals surface area contributed by atoms with E-state index in [1.54, 1.807) is 7.11 Å². The fraction of sp³-hybridized carbons (Fsp3) is 0.455. The molecule has 3 heteroatoms. The lowest BCUT2D eigenvalue weighted by atomic mass is 10.0. The molecule has 0 radical (unpaired) electrons. The van der Waals surface area contributed by atoms with Gasteiger partial charge in [0, 0.05) is 5.88 Å². The zero-order valence-electron chi connectivity index (χ0n) is 8.39. The van der Waals surface area contributed by atoms with Crippen molar-refractivity contribution in [2.24, 2.45) is 5.92 Å². The maximum atomic E-state index is 5.92. The van der Waals surface area contributed by atoms with Crippen molar-refractivity contribution in [3.05, 3.63) is 28.8 Å². The van der Waals surface area contributed by atoms with Gasteiger partial charge in [0.2, 0.25) is 0 Å². The van der Waals surface area contributed by atoms with E-state index in [0.717, 1.165) is 12.2 Å². The molecule has 0 aliphatic carbocycles. The van der Waals surface area contributed by atoms with Crippen LogP contribution >= 0.6 is 23.2 Å². The molecule has 0 amide bonds. The first-order valence-corrected chi connectivity index (χ1v) is 5.47. The summed E-state index contributed by atoms with van der Waals surface area (Å²) in [6.45, 7) is 2.12. The minimum atomic E-state index is 0.475. The lowest BCUT2D eigenvalue weighted by molar-refractivity contribution is 0.414. The van der Waals surface area contributed by atoms with E-state index in [1.807, 2.05) is 18.2 Å². The van der Waals surface area contributed by atoms with Crippen LogP contribution in [0.2, 0.25) is 5.02 Å². The van der Waals surface area contributed by atoms with Crippen LogP contribution in [0.3, 0.4) is 0 Å². The summed E-state index contributed by atoms with van der Waals surface area (Å²) < 4.78 is 5.14. The molecule has 1 aromatic carbocycles. The Hall–Kier alpha value is -0.400. The number of rotatable bonds is 4. The second-order valence-electron chi connectivity index (χ2n) is 3.43. The number of methoxy groups -OCH3 is 1. The van der Waals surface area contributed by atoms with Gasteiger partial charge in [-0.3, -0.25) is 0 Å². The lowest BCUT2D eigenvalue weighted by Crippen LogP contribution is -2.01. The molecule has 1 unspecified atom stereocenters. The third kappa shape index (κ3) is 3.07. The van der Waals surface area contributed by atoms with Gasteiger partial charge in [-0.1, -0.05) is 24.6 Å². The number of benzene rings is 1. The van der Waals surface area contributed by atoms with Crippen LogP contribution in [0, 0.1) is 5.92 Å². The molecule has 0 N–H and O–H groups in total. The first-order valence-electron chi connectivity index (χ1n) is 4.55. The van der Waals surface area contributed by atoms with Crippen molar-refractivity contribution < 1.29 is 4.74 Å². The largest absolute Gasteiger partial charge is 0.495 e. The molecule has 1 nitrogen and oxygen atoms in total. The molecule has 0 bridgehead atoms. The molecule has 0 spiro atoms. The summed E-state index contributed by atoms with van der Waals surface area (Å²) in [7, 11) is 1.62. The molecule has 0 fully saturated rings. The Morgan fingerprint density at radius 1 is 1.43 bits per heavy atom. The Kier molecular flexibility index (Phi) is 4.56. The Morgan fingerprint density at radius 3 is 2.71 bits per heavy atom. The van der Waals surface area contributed by atoms with Gasteiger partial charge >= 0.3 is 0 Å². The van der Waals surface area contributed by atoms with Crippen LogP contribution in [-0.4, -0.2) is 13.0 Å². The van der Waals surface area contributed by atoms with Crippen molar-refractivity contribution in [2.45, 2.75) is 13.3 Å². The van der Waals surface area contributed by atoms with Crippen molar-refractivity contribution in [1.82, 2.24) is 0 Å². The molecule has 1 rings (SSSR count). The zero-order chi connectivity index (χ0) is 10.6. The molecule has 0 aliphatic heterocycles. The van der Waals surface area contributed by atoms with E-state index < -0.39 is 0 Å². The number of halogens is 2. The van der Waals surface area contributed by atoms with Gasteiger partial charge in [-0.05, 0) is 30.0 Å². The standard InChI is InChI=1S/C11H14Cl2O/c1-8(7-12)5-9-3-4-10(13)11(6-9)14-2/h3-4,6,8H,5,7H2,1-2H3. The molecule has 0 heterocycles. The summed E-state index contributed by atoms with van der Waals surface area (Å²) in [6.07, 6.45) is 0.955. The molecule has 0 aliphatic rings. The summed E-state index contributed by atoms with van der Waals surface area (Å²) >= 11 is 11.7. The topological polar surface area (TPSA) is 9.23 Å². The minimum Gasteiger partial charge on any atom is -0.495 e. The highest BCUT2D eigenvalue weighted by atomic mass is 35.5. The number of alkyl halides is 1. The average molecular weight is 233 g/mol. The predicted octanol–water partition coefficient (Wildman–Crippen LogP) is 3.77. The predicted molar refractivity (Wildman–Crippen MR) is 61.6 cm³/mol. The van der Waals surface area contributed by atoms with E-state index in [-0.39, 0.29) is 0 Å². The van der Waals surface area contributed by atoms with Gasteiger partial charge in [0.25, 0.3) is 0 Å². The third-order valence-electron chi connectivity index (χ3n) is 2.06. The van der Waals surface area contributed by atoms with E-state index >= 15 is 0 Å². The van der Waals surface area contributed by atoms with E-state index in [2.05, 4.69) is 6.92 Å². The van der Waals surface area contributed by atoms with Crippen LogP contribution in [0.25, 0.3) is 0 Å². The SMILES string of the molecule is COc1cc(CC(C)CCl)ccc1Cl. The maximum absolute atomic E-state index is 5.92. The van der Waals surface area contributed by atoms with E-state index in [4.69, 9.17) is 27.9 Å². The van der Waals surface area contributed by atoms with Crippen molar-refractivity contribution in [1.29, 1.82) is 0 Å². The Labute approximate surface area is 95.0 Å².